The summed E-state index contributed by atoms with van der Waals surface area (Å²) < 4.78 is 7.37. The van der Waals surface area contributed by atoms with Crippen molar-refractivity contribution in [2.24, 2.45) is 0 Å². The van der Waals surface area contributed by atoms with Gasteiger partial charge in [-0.05, 0) is 55.9 Å². The first-order valence-corrected chi connectivity index (χ1v) is 12.9. The molecule has 1 N–H and O–H groups in total. The normalized spacial score (nSPS) is 23.2. The number of rotatable bonds is 4. The fourth-order valence-electron chi connectivity index (χ4n) is 6.53. The summed E-state index contributed by atoms with van der Waals surface area (Å²) in [5.41, 5.74) is 9.08. The Hall–Kier alpha value is -2.97. The van der Waals surface area contributed by atoms with E-state index in [1.807, 2.05) is 4.52 Å². The monoisotopic (exact) mass is 471 g/mol. The van der Waals surface area contributed by atoms with E-state index in [-0.39, 0.29) is 0 Å². The van der Waals surface area contributed by atoms with Gasteiger partial charge in [0.2, 0.25) is 0 Å². The SMILES string of the molecule is Cc1c(-c2[nH]c3ccc(N4C[C@@H]5C[C@H]4CCN5C4COC4)nc3c2C(C)C)cn2ncnc2c1C. The van der Waals surface area contributed by atoms with E-state index in [9.17, 15) is 0 Å². The summed E-state index contributed by atoms with van der Waals surface area (Å²) in [4.78, 5) is 18.7. The topological polar surface area (TPSA) is 74.6 Å². The summed E-state index contributed by atoms with van der Waals surface area (Å²) in [6.07, 6.45) is 6.17. The van der Waals surface area contributed by atoms with Crippen LogP contribution in [0.4, 0.5) is 5.82 Å². The molecule has 4 aromatic heterocycles. The van der Waals surface area contributed by atoms with E-state index in [0.717, 1.165) is 53.5 Å². The first-order valence-electron chi connectivity index (χ1n) is 12.9. The van der Waals surface area contributed by atoms with Gasteiger partial charge >= 0.3 is 0 Å². The van der Waals surface area contributed by atoms with Crippen molar-refractivity contribution >= 4 is 22.5 Å². The van der Waals surface area contributed by atoms with Crippen LogP contribution in [-0.4, -0.2) is 73.9 Å². The Labute approximate surface area is 205 Å². The molecule has 7 rings (SSSR count). The number of aromatic amines is 1. The Kier molecular flexibility index (Phi) is 4.73. The van der Waals surface area contributed by atoms with Gasteiger partial charge in [0.15, 0.2) is 5.65 Å². The molecule has 0 unspecified atom stereocenters. The molecule has 4 aromatic rings. The second-order valence-electron chi connectivity index (χ2n) is 10.9. The van der Waals surface area contributed by atoms with Crippen LogP contribution in [0.15, 0.2) is 24.7 Å². The summed E-state index contributed by atoms with van der Waals surface area (Å²) in [7, 11) is 0. The largest absolute Gasteiger partial charge is 0.378 e. The number of likely N-dealkylation sites (tertiary alicyclic amines) is 1. The second-order valence-corrected chi connectivity index (χ2v) is 10.9. The van der Waals surface area contributed by atoms with E-state index in [0.29, 0.717) is 24.0 Å². The minimum absolute atomic E-state index is 0.333. The van der Waals surface area contributed by atoms with Crippen molar-refractivity contribution < 1.29 is 4.74 Å². The minimum Gasteiger partial charge on any atom is -0.378 e. The average molecular weight is 472 g/mol. The molecule has 0 aromatic carbocycles. The third-order valence-electron chi connectivity index (χ3n) is 8.60. The van der Waals surface area contributed by atoms with E-state index in [2.05, 4.69) is 70.9 Å². The van der Waals surface area contributed by atoms with Gasteiger partial charge in [-0.2, -0.15) is 5.10 Å². The number of nitrogens with zero attached hydrogens (tertiary/aromatic N) is 6. The summed E-state index contributed by atoms with van der Waals surface area (Å²) in [5.74, 6) is 1.45. The maximum absolute atomic E-state index is 5.48. The highest BCUT2D eigenvalue weighted by atomic mass is 16.5. The van der Waals surface area contributed by atoms with Gasteiger partial charge in [-0.3, -0.25) is 4.90 Å². The minimum atomic E-state index is 0.333. The Bertz CT molecular complexity index is 1430. The highest BCUT2D eigenvalue weighted by Crippen LogP contribution is 2.40. The summed E-state index contributed by atoms with van der Waals surface area (Å²) >= 11 is 0. The van der Waals surface area contributed by atoms with Crippen LogP contribution in [0.3, 0.4) is 0 Å². The van der Waals surface area contributed by atoms with Crippen molar-refractivity contribution in [2.45, 2.75) is 64.6 Å². The molecule has 0 aliphatic carbocycles. The Morgan fingerprint density at radius 1 is 1.09 bits per heavy atom. The number of pyridine rings is 2. The highest BCUT2D eigenvalue weighted by Gasteiger charge is 2.44. The van der Waals surface area contributed by atoms with Gasteiger partial charge in [0.1, 0.15) is 12.1 Å². The van der Waals surface area contributed by atoms with Gasteiger partial charge in [0.05, 0.1) is 36.0 Å². The number of H-pyrrole nitrogens is 1. The molecular weight excluding hydrogens is 438 g/mol. The number of hydrogen-bond acceptors (Lipinski definition) is 6. The van der Waals surface area contributed by atoms with Crippen molar-refractivity contribution in [3.8, 4) is 11.3 Å². The van der Waals surface area contributed by atoms with E-state index in [1.54, 1.807) is 6.33 Å². The van der Waals surface area contributed by atoms with E-state index >= 15 is 0 Å². The predicted octanol–water partition coefficient (Wildman–Crippen LogP) is 4.06. The number of fused-ring (bicyclic) bond motifs is 4. The van der Waals surface area contributed by atoms with Crippen LogP contribution in [0.25, 0.3) is 27.9 Å². The number of ether oxygens (including phenoxy) is 1. The molecular formula is C27H33N7O. The second kappa shape index (κ2) is 7.77. The molecule has 3 fully saturated rings. The molecule has 182 valence electrons. The zero-order chi connectivity index (χ0) is 23.8. The third kappa shape index (κ3) is 3.16. The third-order valence-corrected chi connectivity index (χ3v) is 8.60. The number of aryl methyl sites for hydroxylation is 1. The van der Waals surface area contributed by atoms with Crippen LogP contribution >= 0.6 is 0 Å². The number of nitrogens with one attached hydrogen (secondary N) is 1. The standard InChI is InChI=1S/C27H33N7O/c1-15(2)24-25(21-11-34-27(28-14-29-34)17(4)16(21)3)30-22-5-6-23(31-26(22)24)33-10-19-9-18(33)7-8-32(19)20-12-35-13-20/h5-6,11,14-15,18-20,30H,7-10,12-13H2,1-4H3/t18-,19+/m1/s1. The smallest absolute Gasteiger partial charge is 0.158 e. The van der Waals surface area contributed by atoms with Gasteiger partial charge in [0, 0.05) is 42.5 Å². The van der Waals surface area contributed by atoms with Crippen molar-refractivity contribution in [2.75, 3.05) is 31.2 Å². The molecule has 2 bridgehead atoms. The summed E-state index contributed by atoms with van der Waals surface area (Å²) in [6, 6.07) is 6.26. The van der Waals surface area contributed by atoms with Crippen LogP contribution < -0.4 is 4.90 Å². The molecule has 3 aliphatic rings. The summed E-state index contributed by atoms with van der Waals surface area (Å²) in [5, 5.41) is 4.42. The molecule has 0 spiro atoms. The lowest BCUT2D eigenvalue weighted by Crippen LogP contribution is -2.55. The van der Waals surface area contributed by atoms with Crippen molar-refractivity contribution in [3.63, 3.8) is 0 Å². The fourth-order valence-corrected chi connectivity index (χ4v) is 6.53. The number of anilines is 1. The van der Waals surface area contributed by atoms with Crippen molar-refractivity contribution in [1.82, 2.24) is 29.5 Å². The number of hydrogen-bond donors (Lipinski definition) is 1. The fraction of sp³-hybridized carbons (Fsp3) is 0.519. The van der Waals surface area contributed by atoms with E-state index in [4.69, 9.17) is 9.72 Å². The van der Waals surface area contributed by atoms with Gasteiger partial charge < -0.3 is 14.6 Å². The van der Waals surface area contributed by atoms with E-state index < -0.39 is 0 Å². The van der Waals surface area contributed by atoms with Crippen LogP contribution in [0.5, 0.6) is 0 Å². The molecule has 3 aliphatic heterocycles. The molecule has 7 heterocycles. The average Bonchev–Trinajstić information content (AvgIpc) is 3.51. The van der Waals surface area contributed by atoms with Crippen LogP contribution in [0, 0.1) is 13.8 Å². The lowest BCUT2D eigenvalue weighted by molar-refractivity contribution is -0.0815. The lowest BCUT2D eigenvalue weighted by atomic mass is 9.95. The zero-order valence-electron chi connectivity index (χ0n) is 21.0. The first-order chi connectivity index (χ1) is 17.0. The molecule has 8 heteroatoms. The number of piperidine rings is 1. The molecule has 35 heavy (non-hydrogen) atoms. The van der Waals surface area contributed by atoms with Gasteiger partial charge in [0.25, 0.3) is 0 Å². The van der Waals surface area contributed by atoms with Gasteiger partial charge in [-0.15, -0.1) is 0 Å². The lowest BCUT2D eigenvalue weighted by Gasteiger charge is -2.42. The van der Waals surface area contributed by atoms with Crippen LogP contribution in [-0.2, 0) is 4.74 Å². The molecule has 2 atom stereocenters. The molecule has 0 saturated carbocycles. The Morgan fingerprint density at radius 3 is 2.71 bits per heavy atom. The van der Waals surface area contributed by atoms with Crippen LogP contribution in [0.2, 0.25) is 0 Å². The van der Waals surface area contributed by atoms with Crippen molar-refractivity contribution in [1.29, 1.82) is 0 Å². The molecule has 0 amide bonds. The molecule has 3 saturated heterocycles. The molecule has 8 nitrogen and oxygen atoms in total. The Morgan fingerprint density at radius 2 is 1.94 bits per heavy atom. The van der Waals surface area contributed by atoms with Crippen LogP contribution in [0.1, 0.15) is 49.3 Å². The maximum Gasteiger partial charge on any atom is 0.158 e. The predicted molar refractivity (Wildman–Crippen MR) is 137 cm³/mol. The highest BCUT2D eigenvalue weighted by molar-refractivity contribution is 5.90. The quantitative estimate of drug-likeness (QED) is 0.484. The van der Waals surface area contributed by atoms with E-state index in [1.165, 1.54) is 36.1 Å². The van der Waals surface area contributed by atoms with Gasteiger partial charge in [-0.1, -0.05) is 13.8 Å². The molecule has 0 radical (unpaired) electrons. The van der Waals surface area contributed by atoms with Gasteiger partial charge in [-0.25, -0.2) is 14.5 Å². The Balaban J connectivity index is 1.30. The first kappa shape index (κ1) is 21.3. The van der Waals surface area contributed by atoms with Crippen molar-refractivity contribution in [3.05, 3.63) is 41.3 Å². The maximum atomic E-state index is 5.48. The number of aromatic nitrogens is 5. The zero-order valence-corrected chi connectivity index (χ0v) is 21.0. The summed E-state index contributed by atoms with van der Waals surface area (Å²) in [6.45, 7) is 12.9.